The molecule has 0 spiro atoms. The zero-order valence-corrected chi connectivity index (χ0v) is 68.3. The molecule has 4 aliphatic heterocycles. The molecule has 4 atom stereocenters. The van der Waals surface area contributed by atoms with Crippen molar-refractivity contribution in [3.8, 4) is 24.3 Å². The minimum Gasteiger partial charge on any atom is -0.399 e. The molecule has 4 aromatic carbocycles. The molecule has 4 aliphatic carbocycles. The summed E-state index contributed by atoms with van der Waals surface area (Å²) in [6.45, 7) is 6.94. The van der Waals surface area contributed by atoms with Crippen molar-refractivity contribution in [1.29, 1.82) is 21.0 Å². The normalized spacial score (nSPS) is 18.2. The van der Waals surface area contributed by atoms with Gasteiger partial charge in [0.15, 0.2) is 16.1 Å². The summed E-state index contributed by atoms with van der Waals surface area (Å²) in [5, 5.41) is 51.2. The summed E-state index contributed by atoms with van der Waals surface area (Å²) in [5.41, 5.74) is 20.9. The molecular weight excluding hydrogens is 1640 g/mol. The Morgan fingerprint density at radius 1 is 0.435 bits per heavy atom. The highest BCUT2D eigenvalue weighted by Crippen LogP contribution is 2.45. The maximum atomic E-state index is 11.4. The molecule has 0 unspecified atom stereocenters. The van der Waals surface area contributed by atoms with E-state index in [2.05, 4.69) is 105 Å². The number of piperidine rings is 4. The summed E-state index contributed by atoms with van der Waals surface area (Å²) in [7, 11) is 0. The van der Waals surface area contributed by atoms with Crippen LogP contribution in [-0.4, -0.2) is 111 Å². The van der Waals surface area contributed by atoms with Crippen molar-refractivity contribution >= 4 is 151 Å². The first-order valence-corrected chi connectivity index (χ1v) is 40.9. The van der Waals surface area contributed by atoms with Gasteiger partial charge < -0.3 is 42.5 Å². The van der Waals surface area contributed by atoms with Crippen molar-refractivity contribution in [3.05, 3.63) is 215 Å². The third kappa shape index (κ3) is 26.7. The van der Waals surface area contributed by atoms with E-state index in [-0.39, 0.29) is 45.8 Å². The molecule has 9 aromatic rings. The van der Waals surface area contributed by atoms with Crippen molar-refractivity contribution in [2.24, 2.45) is 17.6 Å². The van der Waals surface area contributed by atoms with Crippen LogP contribution in [0.1, 0.15) is 199 Å². The van der Waals surface area contributed by atoms with Gasteiger partial charge >= 0.3 is 0 Å². The SMILES string of the molecule is C.C.Clc1ncc(Cl)c(Cl)n1.N#Cc1cc(N)ccc1C1CC1.N#Cc1cc(Nc2ncc(Cl)c(=O)[nH]2)ccc1C1CC1.N#Cc1cc(Nc2ncc(Cl)c(Cl)n2)ccc1C1CC1.N#Cc1cc(Nc2ncc(Cl)c(NC[C@@H]3CCCN4CCCC[C@H]34)n2)ccc1C1CC1.NC[C@@H]1CCCN2CCCC[C@H]12.O=c1[nH]c(Cl)ncc1Cl. The van der Waals surface area contributed by atoms with Crippen molar-refractivity contribution in [2.75, 3.05) is 66.3 Å². The Bertz CT molecular complexity index is 5080. The van der Waals surface area contributed by atoms with Gasteiger partial charge in [0.1, 0.15) is 15.1 Å². The lowest BCUT2D eigenvalue weighted by Crippen LogP contribution is -2.49. The molecule has 9 heterocycles. The lowest BCUT2D eigenvalue weighted by Gasteiger charge is -2.44. The summed E-state index contributed by atoms with van der Waals surface area (Å²) in [6.07, 6.45) is 29.8. The lowest BCUT2D eigenvalue weighted by atomic mass is 9.83. The molecule has 4 saturated heterocycles. The Labute approximate surface area is 715 Å². The number of fused-ring (bicyclic) bond motifs is 2. The topological polar surface area (TPSA) is 371 Å². The molecule has 0 bridgehead atoms. The quantitative estimate of drug-likeness (QED) is 0.0285. The Balaban J connectivity index is 0.000000160. The number of nitrogens with zero attached hydrogens (tertiary/aromatic N) is 14. The van der Waals surface area contributed by atoms with Crippen LogP contribution in [0.2, 0.25) is 46.0 Å². The average Bonchev–Trinajstić information content (AvgIpc) is 1.77. The van der Waals surface area contributed by atoms with E-state index < -0.39 is 11.1 Å². The number of aromatic nitrogens is 10. The minimum absolute atomic E-state index is 0. The number of nitrogen functional groups attached to an aromatic ring is 1. The van der Waals surface area contributed by atoms with Crippen LogP contribution in [0.4, 0.5) is 46.4 Å². The summed E-state index contributed by atoms with van der Waals surface area (Å²) in [4.78, 5) is 63.6. The highest BCUT2D eigenvalue weighted by atomic mass is 35.5. The third-order valence-corrected chi connectivity index (χ3v) is 23.0. The van der Waals surface area contributed by atoms with Gasteiger partial charge in [-0.3, -0.25) is 19.6 Å². The number of nitrogens with one attached hydrogen (secondary N) is 6. The number of H-pyrrole nitrogens is 2. The van der Waals surface area contributed by atoms with Crippen LogP contribution in [0.3, 0.4) is 0 Å². The van der Waals surface area contributed by atoms with Crippen LogP contribution in [0, 0.1) is 57.2 Å². The average molecular weight is 1740 g/mol. The number of hydrogen-bond donors (Lipinski definition) is 8. The molecule has 17 rings (SSSR count). The van der Waals surface area contributed by atoms with Gasteiger partial charge in [0.2, 0.25) is 28.4 Å². The molecule has 24 nitrogen and oxygen atoms in total. The Kier molecular flexibility index (Phi) is 34.6. The molecule has 5 aromatic heterocycles. The molecule has 0 radical (unpaired) electrons. The smallest absolute Gasteiger partial charge is 0.271 e. The second-order valence-corrected chi connectivity index (χ2v) is 32.0. The van der Waals surface area contributed by atoms with Gasteiger partial charge in [0.25, 0.3) is 11.1 Å². The highest BCUT2D eigenvalue weighted by molar-refractivity contribution is 6.42. The lowest BCUT2D eigenvalue weighted by molar-refractivity contribution is 0.0632. The Morgan fingerprint density at radius 3 is 1.29 bits per heavy atom. The summed E-state index contributed by atoms with van der Waals surface area (Å²) in [6, 6.07) is 33.3. The first-order chi connectivity index (χ1) is 54.7. The van der Waals surface area contributed by atoms with Gasteiger partial charge in [-0.15, -0.1) is 0 Å². The van der Waals surface area contributed by atoms with Crippen molar-refractivity contribution < 1.29 is 0 Å². The van der Waals surface area contributed by atoms with Gasteiger partial charge in [-0.05, 0) is 265 Å². The molecule has 33 heteroatoms. The van der Waals surface area contributed by atoms with Gasteiger partial charge in [0.05, 0.1) is 87.6 Å². The van der Waals surface area contributed by atoms with E-state index >= 15 is 0 Å². The summed E-state index contributed by atoms with van der Waals surface area (Å²) < 4.78 is 0. The zero-order chi connectivity index (χ0) is 80.1. The summed E-state index contributed by atoms with van der Waals surface area (Å²) >= 11 is 50.5. The monoisotopic (exact) mass is 1730 g/mol. The van der Waals surface area contributed by atoms with Crippen molar-refractivity contribution in [2.45, 2.75) is 166 Å². The molecule has 10 N–H and O–H groups in total. The molecular formula is C82H91Cl9N22O2. The Hall–Kier alpha value is -8.67. The standard InChI is InChI=1S/C24H29ClN6.C14H10Cl2N4.C14H11ClN4O.C10H10N2.C10H20N2.C4HCl3N2.C4H2Cl2N2O.2CH4/c25-21-15-28-24(29-19-8-9-20(16-6-7-16)18(12-19)13-26)30-23(21)27-14-17-4-3-11-31-10-2-1-5-22(17)31;15-12-7-18-14(20-13(12)16)19-10-3-4-11(8-1-2-8)9(5-10)6-17;15-12-7-17-14(19-13(12)20)18-10-3-4-11(8-1-2-8)9(5-10)6-16;11-6-8-5-9(12)3-4-10(8)7-1-2-7;11-8-9-4-3-7-12-6-2-1-5-10(9)12;5-2-1-8-4(7)9-3(2)6;5-2-1-7-4(6)8-3(2)9;;/h8-9,12,15-17,22H,1-7,10-11,14H2,(H2,27,28,29,30);3-5,7-8H,1-2H2,(H,18,19,20);3-5,7-8H,1-2H2,(H2,17,18,19,20);3-5,7H,1-2,12H2;9-10H,1-8,11H2;1H;1H,(H,7,8,9);2*1H4/t17-,22+;;;;9-,10+;;;;/m0...0..../s1. The maximum absolute atomic E-state index is 11.4. The van der Waals surface area contributed by atoms with Crippen LogP contribution < -0.4 is 43.9 Å². The molecule has 8 fully saturated rings. The Morgan fingerprint density at radius 2 is 0.843 bits per heavy atom. The van der Waals surface area contributed by atoms with E-state index in [1.165, 1.54) is 146 Å². The van der Waals surface area contributed by atoms with Crippen LogP contribution >= 0.6 is 104 Å². The largest absolute Gasteiger partial charge is 0.399 e. The number of hydrogen-bond acceptors (Lipinski definition) is 22. The van der Waals surface area contributed by atoms with E-state index in [0.29, 0.717) is 96.9 Å². The number of aromatic amines is 2. The number of anilines is 8. The molecule has 4 saturated carbocycles. The van der Waals surface area contributed by atoms with Gasteiger partial charge in [-0.2, -0.15) is 31.0 Å². The van der Waals surface area contributed by atoms with Crippen LogP contribution in [0.15, 0.2) is 113 Å². The number of benzene rings is 4. The second-order valence-electron chi connectivity index (χ2n) is 28.6. The van der Waals surface area contributed by atoms with E-state index in [1.54, 1.807) is 24.4 Å². The van der Waals surface area contributed by atoms with Crippen molar-refractivity contribution in [3.63, 3.8) is 0 Å². The number of halogens is 9. The van der Waals surface area contributed by atoms with Gasteiger partial charge in [-0.1, -0.05) is 133 Å². The van der Waals surface area contributed by atoms with Gasteiger partial charge in [0, 0.05) is 41.4 Å². The number of nitrogens with two attached hydrogens (primary N) is 2. The van der Waals surface area contributed by atoms with E-state index in [4.69, 9.17) is 121 Å². The maximum Gasteiger partial charge on any atom is 0.271 e. The van der Waals surface area contributed by atoms with Crippen LogP contribution in [-0.2, 0) is 0 Å². The first-order valence-electron chi connectivity index (χ1n) is 37.5. The fourth-order valence-corrected chi connectivity index (χ4v) is 15.3. The van der Waals surface area contributed by atoms with E-state index in [1.807, 2.05) is 54.6 Å². The summed E-state index contributed by atoms with van der Waals surface area (Å²) in [5.74, 6) is 5.47. The minimum atomic E-state index is -0.420. The fraction of sp³-hybridized carbons (Fsp3) is 0.415. The predicted molar refractivity (Wildman–Crippen MR) is 463 cm³/mol. The van der Waals surface area contributed by atoms with Gasteiger partial charge in [-0.25, -0.2) is 29.9 Å². The molecule has 0 amide bonds. The first kappa shape index (κ1) is 90.2. The van der Waals surface area contributed by atoms with E-state index in [0.717, 1.165) is 89.9 Å². The third-order valence-electron chi connectivity index (χ3n) is 20.5. The van der Waals surface area contributed by atoms with Crippen LogP contribution in [0.5, 0.6) is 0 Å². The van der Waals surface area contributed by atoms with Crippen LogP contribution in [0.25, 0.3) is 0 Å². The van der Waals surface area contributed by atoms with Crippen molar-refractivity contribution in [1.82, 2.24) is 59.6 Å². The molecule has 604 valence electrons. The van der Waals surface area contributed by atoms with E-state index in [9.17, 15) is 25.4 Å². The zero-order valence-electron chi connectivity index (χ0n) is 61.5. The number of nitriles is 4. The predicted octanol–water partition coefficient (Wildman–Crippen LogP) is 20.5. The fourth-order valence-electron chi connectivity index (χ4n) is 14.2. The number of rotatable bonds is 14. The highest BCUT2D eigenvalue weighted by Gasteiger charge is 2.35. The second kappa shape index (κ2) is 44.0. The molecule has 8 aliphatic rings. The molecule has 115 heavy (non-hydrogen) atoms.